The number of guanidine groups is 1. The van der Waals surface area contributed by atoms with Crippen LogP contribution < -0.4 is 16.1 Å². The maximum absolute atomic E-state index is 13.8. The van der Waals surface area contributed by atoms with E-state index in [0.29, 0.717) is 13.0 Å². The third kappa shape index (κ3) is 6.54. The summed E-state index contributed by atoms with van der Waals surface area (Å²) in [5, 5.41) is 7.43. The van der Waals surface area contributed by atoms with E-state index in [2.05, 4.69) is 21.1 Å². The molecule has 8 atom stereocenters. The number of hydrogen-bond acceptors (Lipinski definition) is 5. The van der Waals surface area contributed by atoms with E-state index < -0.39 is 42.4 Å². The number of aliphatic imine (C=N–C) groups is 1. The van der Waals surface area contributed by atoms with Gasteiger partial charge in [-0.25, -0.2) is 24.2 Å². The monoisotopic (exact) mass is 483 g/mol. The van der Waals surface area contributed by atoms with Crippen LogP contribution in [0.2, 0.25) is 0 Å². The highest BCUT2D eigenvalue weighted by Crippen LogP contribution is 2.44. The number of amides is 1. The molecule has 3 N–H and O–H groups in total. The fourth-order valence-corrected chi connectivity index (χ4v) is 5.11. The molecular formula is C21H34F5N5O2. The first-order valence-electron chi connectivity index (χ1n) is 11.5. The molecule has 190 valence electrons. The van der Waals surface area contributed by atoms with Gasteiger partial charge in [-0.05, 0) is 45.4 Å². The molecule has 7 nitrogen and oxygen atoms in total. The number of carbonyl (C=O) groups is 1. The van der Waals surface area contributed by atoms with Gasteiger partial charge in [0.2, 0.25) is 5.91 Å². The van der Waals surface area contributed by atoms with Gasteiger partial charge in [0, 0.05) is 38.1 Å². The van der Waals surface area contributed by atoms with Crippen LogP contribution in [0.5, 0.6) is 0 Å². The maximum Gasteiger partial charge on any atom is 0.391 e. The van der Waals surface area contributed by atoms with Crippen LogP contribution in [0.3, 0.4) is 0 Å². The lowest BCUT2D eigenvalue weighted by atomic mass is 9.77. The van der Waals surface area contributed by atoms with Gasteiger partial charge in [-0.1, -0.05) is 0 Å². The summed E-state index contributed by atoms with van der Waals surface area (Å²) >= 11 is 0. The van der Waals surface area contributed by atoms with Gasteiger partial charge < -0.3 is 10.1 Å². The van der Waals surface area contributed by atoms with Gasteiger partial charge in [0.15, 0.2) is 5.96 Å². The molecule has 1 saturated heterocycles. The van der Waals surface area contributed by atoms with Crippen molar-refractivity contribution >= 4 is 11.9 Å². The van der Waals surface area contributed by atoms with Crippen molar-refractivity contribution in [3.05, 3.63) is 0 Å². The zero-order valence-corrected chi connectivity index (χ0v) is 19.2. The minimum atomic E-state index is -4.23. The van der Waals surface area contributed by atoms with Crippen LogP contribution in [0.25, 0.3) is 0 Å². The Morgan fingerprint density at radius 1 is 1.18 bits per heavy atom. The van der Waals surface area contributed by atoms with Crippen LogP contribution >= 0.6 is 0 Å². The minimum absolute atomic E-state index is 0.0107. The molecule has 0 radical (unpaired) electrons. The molecule has 0 aromatic carbocycles. The molecule has 3 rings (SSSR count). The zero-order valence-electron chi connectivity index (χ0n) is 19.2. The van der Waals surface area contributed by atoms with Crippen molar-refractivity contribution in [1.82, 2.24) is 21.1 Å². The molecule has 3 aliphatic rings. The summed E-state index contributed by atoms with van der Waals surface area (Å²) in [4.78, 5) is 17.4. The van der Waals surface area contributed by atoms with Crippen molar-refractivity contribution in [1.29, 1.82) is 0 Å². The molecule has 1 aliphatic heterocycles. The van der Waals surface area contributed by atoms with Crippen molar-refractivity contribution in [2.75, 3.05) is 20.8 Å². The van der Waals surface area contributed by atoms with Gasteiger partial charge in [0.25, 0.3) is 0 Å². The van der Waals surface area contributed by atoms with Crippen molar-refractivity contribution in [3.8, 4) is 0 Å². The Hall–Kier alpha value is -1.53. The van der Waals surface area contributed by atoms with Crippen molar-refractivity contribution < 1.29 is 31.5 Å². The molecule has 0 aromatic rings. The second-order valence-electron chi connectivity index (χ2n) is 9.48. The summed E-state index contributed by atoms with van der Waals surface area (Å²) in [6.45, 7) is 2.15. The second-order valence-corrected chi connectivity index (χ2v) is 9.48. The minimum Gasteiger partial charge on any atom is -0.383 e. The number of fused-ring (bicyclic) bond motifs is 1. The van der Waals surface area contributed by atoms with E-state index in [1.165, 1.54) is 7.11 Å². The van der Waals surface area contributed by atoms with E-state index in [0.717, 1.165) is 0 Å². The molecule has 0 spiro atoms. The number of nitrogens with one attached hydrogen (secondary N) is 3. The summed E-state index contributed by atoms with van der Waals surface area (Å²) in [6, 6.07) is -0.556. The van der Waals surface area contributed by atoms with Crippen LogP contribution in [-0.2, 0) is 9.53 Å². The third-order valence-corrected chi connectivity index (χ3v) is 6.94. The number of ether oxygens (including phenoxy) is 1. The predicted octanol–water partition coefficient (Wildman–Crippen LogP) is 2.68. The molecular weight excluding hydrogens is 449 g/mol. The zero-order chi connectivity index (χ0) is 24.3. The number of nitrogens with zero attached hydrogens (tertiary/aromatic N) is 2. The van der Waals surface area contributed by atoms with Crippen LogP contribution in [-0.4, -0.2) is 74.4 Å². The fraction of sp³-hybridized carbons (Fsp3) is 0.905. The first-order valence-corrected chi connectivity index (χ1v) is 11.5. The molecule has 1 amide bonds. The van der Waals surface area contributed by atoms with Crippen molar-refractivity contribution in [2.45, 2.75) is 82.2 Å². The Labute approximate surface area is 190 Å². The average Bonchev–Trinajstić information content (AvgIpc) is 3.04. The van der Waals surface area contributed by atoms with E-state index in [9.17, 15) is 26.7 Å². The quantitative estimate of drug-likeness (QED) is 0.319. The number of hydrogen-bond donors (Lipinski definition) is 3. The molecule has 0 aromatic heterocycles. The van der Waals surface area contributed by atoms with Gasteiger partial charge in [-0.15, -0.1) is 0 Å². The number of rotatable bonds is 5. The molecule has 0 bridgehead atoms. The van der Waals surface area contributed by atoms with Gasteiger partial charge in [0.05, 0.1) is 12.5 Å². The summed E-state index contributed by atoms with van der Waals surface area (Å²) in [6.07, 6.45) is -7.58. The summed E-state index contributed by atoms with van der Waals surface area (Å²) in [5.74, 6) is -2.48. The van der Waals surface area contributed by atoms with Crippen LogP contribution in [0.4, 0.5) is 22.0 Å². The highest BCUT2D eigenvalue weighted by atomic mass is 19.4. The maximum atomic E-state index is 13.8. The Morgan fingerprint density at radius 2 is 1.91 bits per heavy atom. The summed E-state index contributed by atoms with van der Waals surface area (Å²) in [7, 11) is 3.23. The molecule has 1 heterocycles. The highest BCUT2D eigenvalue weighted by Gasteiger charge is 2.50. The summed E-state index contributed by atoms with van der Waals surface area (Å²) < 4.78 is 72.1. The van der Waals surface area contributed by atoms with E-state index in [1.807, 2.05) is 6.92 Å². The van der Waals surface area contributed by atoms with Gasteiger partial charge in [0.1, 0.15) is 18.5 Å². The Morgan fingerprint density at radius 3 is 2.55 bits per heavy atom. The molecule has 2 saturated carbocycles. The smallest absolute Gasteiger partial charge is 0.383 e. The molecule has 3 fully saturated rings. The number of halogens is 5. The number of alkyl halides is 5. The normalized spacial score (nSPS) is 36.8. The number of carbonyl (C=O) groups excluding carboxylic acids is 1. The van der Waals surface area contributed by atoms with Gasteiger partial charge in [-0.3, -0.25) is 10.1 Å². The first kappa shape index (κ1) is 26.1. The van der Waals surface area contributed by atoms with Crippen LogP contribution in [0.15, 0.2) is 4.99 Å². The average molecular weight is 484 g/mol. The fourth-order valence-electron chi connectivity index (χ4n) is 5.11. The molecule has 33 heavy (non-hydrogen) atoms. The van der Waals surface area contributed by atoms with Crippen LogP contribution in [0.1, 0.15) is 45.4 Å². The molecule has 7 unspecified atom stereocenters. The Balaban J connectivity index is 1.72. The SMILES string of the molecule is COC[C@H](C)N/C(=N\C1NN(C)C2CC(C(F)(F)F)CCC12)NC(=O)C1CCC(F)C(F)C1. The van der Waals surface area contributed by atoms with E-state index in [1.54, 1.807) is 12.1 Å². The third-order valence-electron chi connectivity index (χ3n) is 6.94. The predicted molar refractivity (Wildman–Crippen MR) is 113 cm³/mol. The van der Waals surface area contributed by atoms with E-state index >= 15 is 0 Å². The van der Waals surface area contributed by atoms with Crippen LogP contribution in [0, 0.1) is 17.8 Å². The highest BCUT2D eigenvalue weighted by molar-refractivity contribution is 5.98. The van der Waals surface area contributed by atoms with Crippen molar-refractivity contribution in [2.24, 2.45) is 22.7 Å². The molecule has 12 heteroatoms. The van der Waals surface area contributed by atoms with Gasteiger partial charge in [-0.2, -0.15) is 13.2 Å². The summed E-state index contributed by atoms with van der Waals surface area (Å²) in [5.41, 5.74) is 3.12. The Kier molecular flexibility index (Phi) is 8.55. The lowest BCUT2D eigenvalue weighted by Crippen LogP contribution is -2.50. The lowest BCUT2D eigenvalue weighted by molar-refractivity contribution is -0.187. The second kappa shape index (κ2) is 10.8. The topological polar surface area (TPSA) is 78.0 Å². The van der Waals surface area contributed by atoms with Crippen molar-refractivity contribution in [3.63, 3.8) is 0 Å². The largest absolute Gasteiger partial charge is 0.391 e. The standard InChI is InChI=1S/C21H34F5N5O2/c1-11(10-33-3)27-20(29-19(32)12-4-7-15(22)16(23)8-12)28-18-14-6-5-13(21(24,25)26)9-17(14)31(2)30-18/h11-18,30H,4-10H2,1-3H3,(H2,27,28,29,32)/t11-,12?,13?,14?,15?,16?,17?,18?/m0/s1. The number of hydrazine groups is 1. The Bertz CT molecular complexity index is 709. The van der Waals surface area contributed by atoms with E-state index in [4.69, 9.17) is 4.74 Å². The van der Waals surface area contributed by atoms with E-state index in [-0.39, 0.29) is 56.1 Å². The number of methoxy groups -OCH3 is 1. The first-order chi connectivity index (χ1) is 15.5. The lowest BCUT2D eigenvalue weighted by Gasteiger charge is -2.35. The molecule has 2 aliphatic carbocycles. The van der Waals surface area contributed by atoms with Gasteiger partial charge >= 0.3 is 6.18 Å².